The van der Waals surface area contributed by atoms with Gasteiger partial charge in [-0.25, -0.2) is 4.98 Å². The Balaban J connectivity index is 1.50. The van der Waals surface area contributed by atoms with Crippen molar-refractivity contribution in [3.63, 3.8) is 0 Å². The van der Waals surface area contributed by atoms with Crippen LogP contribution in [0, 0.1) is 0 Å². The smallest absolute Gasteiger partial charge is 0.242 e. The molecule has 4 aromatic rings. The quantitative estimate of drug-likeness (QED) is 0.399. The highest BCUT2D eigenvalue weighted by Crippen LogP contribution is 2.22. The van der Waals surface area contributed by atoms with E-state index in [1.807, 2.05) is 90.4 Å². The van der Waals surface area contributed by atoms with E-state index >= 15 is 0 Å². The molecule has 0 radical (unpaired) electrons. The monoisotopic (exact) mass is 470 g/mol. The third kappa shape index (κ3) is 5.87. The summed E-state index contributed by atoms with van der Waals surface area (Å²) in [4.78, 5) is 32.3. The van der Waals surface area contributed by atoms with Gasteiger partial charge in [-0.2, -0.15) is 0 Å². The molecule has 0 saturated heterocycles. The minimum absolute atomic E-state index is 0.0324. The minimum atomic E-state index is -0.375. The number of para-hydroxylation sites is 2. The molecule has 0 spiro atoms. The number of benzene rings is 3. The van der Waals surface area contributed by atoms with Crippen molar-refractivity contribution in [3.8, 4) is 5.75 Å². The number of nitrogens with one attached hydrogen (secondary N) is 1. The standard InChI is InChI=1S/C28H30N4O3/c1-20(29-26(33)17-21-13-15-23(35-3)16-14-21)28-30-24-11-7-8-12-25(24)32(28)19-27(34)31(2)18-22-9-5-4-6-10-22/h4-16,20H,17-19H2,1-3H3,(H,29,33). The van der Waals surface area contributed by atoms with Gasteiger partial charge in [0.05, 0.1) is 30.6 Å². The number of nitrogens with zero attached hydrogens (tertiary/aromatic N) is 3. The fraction of sp³-hybridized carbons (Fsp3) is 0.250. The lowest BCUT2D eigenvalue weighted by molar-refractivity contribution is -0.131. The lowest BCUT2D eigenvalue weighted by atomic mass is 10.1. The van der Waals surface area contributed by atoms with Gasteiger partial charge in [-0.3, -0.25) is 9.59 Å². The summed E-state index contributed by atoms with van der Waals surface area (Å²) in [6, 6.07) is 24.6. The zero-order valence-corrected chi connectivity index (χ0v) is 20.3. The number of likely N-dealkylation sites (N-methyl/N-ethyl adjacent to an activating group) is 1. The van der Waals surface area contributed by atoms with Gasteiger partial charge < -0.3 is 19.5 Å². The second-order valence-corrected chi connectivity index (χ2v) is 8.59. The molecule has 0 aliphatic heterocycles. The first-order valence-electron chi connectivity index (χ1n) is 11.6. The van der Waals surface area contributed by atoms with Crippen LogP contribution in [0.1, 0.15) is 29.9 Å². The molecule has 1 unspecified atom stereocenters. The molecular formula is C28H30N4O3. The van der Waals surface area contributed by atoms with Crippen LogP contribution < -0.4 is 10.1 Å². The van der Waals surface area contributed by atoms with Gasteiger partial charge in [0.2, 0.25) is 11.8 Å². The number of fused-ring (bicyclic) bond motifs is 1. The van der Waals surface area contributed by atoms with Crippen molar-refractivity contribution in [2.45, 2.75) is 32.5 Å². The maximum Gasteiger partial charge on any atom is 0.242 e. The Bertz CT molecular complexity index is 1300. The molecule has 3 aromatic carbocycles. The van der Waals surface area contributed by atoms with E-state index in [4.69, 9.17) is 9.72 Å². The Morgan fingerprint density at radius 2 is 1.66 bits per heavy atom. The average molecular weight is 471 g/mol. The fourth-order valence-corrected chi connectivity index (χ4v) is 4.08. The second-order valence-electron chi connectivity index (χ2n) is 8.59. The van der Waals surface area contributed by atoms with Crippen molar-refractivity contribution in [2.75, 3.05) is 14.2 Å². The molecule has 0 aliphatic carbocycles. The Morgan fingerprint density at radius 3 is 2.37 bits per heavy atom. The van der Waals surface area contributed by atoms with Crippen LogP contribution in [0.2, 0.25) is 0 Å². The Labute approximate surface area is 205 Å². The number of carbonyl (C=O) groups is 2. The average Bonchev–Trinajstić information content (AvgIpc) is 3.23. The van der Waals surface area contributed by atoms with Crippen LogP contribution in [0.5, 0.6) is 5.75 Å². The molecule has 1 heterocycles. The predicted octanol–water partition coefficient (Wildman–Crippen LogP) is 4.12. The molecule has 0 fully saturated rings. The van der Waals surface area contributed by atoms with E-state index in [1.54, 1.807) is 19.1 Å². The third-order valence-electron chi connectivity index (χ3n) is 5.95. The van der Waals surface area contributed by atoms with Gasteiger partial charge in [-0.05, 0) is 42.3 Å². The molecule has 7 nitrogen and oxygen atoms in total. The van der Waals surface area contributed by atoms with Gasteiger partial charge in [-0.1, -0.05) is 54.6 Å². The predicted molar refractivity (Wildman–Crippen MR) is 136 cm³/mol. The van der Waals surface area contributed by atoms with E-state index in [1.165, 1.54) is 0 Å². The molecular weight excluding hydrogens is 440 g/mol. The van der Waals surface area contributed by atoms with E-state index in [0.717, 1.165) is 27.9 Å². The molecule has 35 heavy (non-hydrogen) atoms. The molecule has 0 bridgehead atoms. The number of rotatable bonds is 9. The number of ether oxygens (including phenoxy) is 1. The Kier molecular flexibility index (Phi) is 7.45. The molecule has 4 rings (SSSR count). The van der Waals surface area contributed by atoms with E-state index in [9.17, 15) is 9.59 Å². The molecule has 180 valence electrons. The van der Waals surface area contributed by atoms with Gasteiger partial charge in [0.25, 0.3) is 0 Å². The van der Waals surface area contributed by atoms with Crippen LogP contribution in [0.3, 0.4) is 0 Å². The van der Waals surface area contributed by atoms with E-state index in [0.29, 0.717) is 12.4 Å². The van der Waals surface area contributed by atoms with E-state index < -0.39 is 0 Å². The van der Waals surface area contributed by atoms with E-state index in [-0.39, 0.29) is 30.8 Å². The highest BCUT2D eigenvalue weighted by Gasteiger charge is 2.21. The lowest BCUT2D eigenvalue weighted by Crippen LogP contribution is -2.33. The number of imidazole rings is 1. The SMILES string of the molecule is COc1ccc(CC(=O)NC(C)c2nc3ccccc3n2CC(=O)N(C)Cc2ccccc2)cc1. The first-order chi connectivity index (χ1) is 16.9. The topological polar surface area (TPSA) is 76.5 Å². The van der Waals surface area contributed by atoms with Gasteiger partial charge in [-0.15, -0.1) is 0 Å². The third-order valence-corrected chi connectivity index (χ3v) is 5.95. The molecule has 0 aliphatic rings. The first kappa shape index (κ1) is 24.0. The molecule has 2 amide bonds. The highest BCUT2D eigenvalue weighted by atomic mass is 16.5. The number of amides is 2. The molecule has 1 atom stereocenters. The van der Waals surface area contributed by atoms with Crippen molar-refractivity contribution >= 4 is 22.8 Å². The molecule has 0 saturated carbocycles. The largest absolute Gasteiger partial charge is 0.497 e. The van der Waals surface area contributed by atoms with Crippen molar-refractivity contribution in [2.24, 2.45) is 0 Å². The van der Waals surface area contributed by atoms with Crippen LogP contribution in [0.15, 0.2) is 78.9 Å². The summed E-state index contributed by atoms with van der Waals surface area (Å²) in [5, 5.41) is 3.04. The normalized spacial score (nSPS) is 11.7. The second kappa shape index (κ2) is 10.9. The van der Waals surface area contributed by atoms with Crippen molar-refractivity contribution in [1.82, 2.24) is 19.8 Å². The number of hydrogen-bond acceptors (Lipinski definition) is 4. The van der Waals surface area contributed by atoms with Crippen LogP contribution in [-0.2, 0) is 29.1 Å². The minimum Gasteiger partial charge on any atom is -0.497 e. The van der Waals surface area contributed by atoms with Crippen molar-refractivity contribution in [1.29, 1.82) is 0 Å². The summed E-state index contributed by atoms with van der Waals surface area (Å²) < 4.78 is 7.08. The Morgan fingerprint density at radius 1 is 0.971 bits per heavy atom. The van der Waals surface area contributed by atoms with Crippen LogP contribution >= 0.6 is 0 Å². The number of carbonyl (C=O) groups excluding carboxylic acids is 2. The number of aromatic nitrogens is 2. The summed E-state index contributed by atoms with van der Waals surface area (Å²) >= 11 is 0. The zero-order chi connectivity index (χ0) is 24.8. The lowest BCUT2D eigenvalue weighted by Gasteiger charge is -2.20. The number of methoxy groups -OCH3 is 1. The molecule has 7 heteroatoms. The number of hydrogen-bond donors (Lipinski definition) is 1. The summed E-state index contributed by atoms with van der Waals surface area (Å²) in [5.74, 6) is 1.25. The first-order valence-corrected chi connectivity index (χ1v) is 11.6. The molecule has 1 N–H and O–H groups in total. The van der Waals surface area contributed by atoms with Gasteiger partial charge in [0.1, 0.15) is 18.1 Å². The van der Waals surface area contributed by atoms with Crippen LogP contribution in [0.25, 0.3) is 11.0 Å². The van der Waals surface area contributed by atoms with Crippen LogP contribution in [0.4, 0.5) is 0 Å². The fourth-order valence-electron chi connectivity index (χ4n) is 4.08. The van der Waals surface area contributed by atoms with Crippen molar-refractivity contribution < 1.29 is 14.3 Å². The van der Waals surface area contributed by atoms with Gasteiger partial charge >= 0.3 is 0 Å². The maximum absolute atomic E-state index is 13.1. The van der Waals surface area contributed by atoms with Crippen molar-refractivity contribution in [3.05, 3.63) is 95.8 Å². The summed E-state index contributed by atoms with van der Waals surface area (Å²) in [5.41, 5.74) is 3.61. The van der Waals surface area contributed by atoms with E-state index in [2.05, 4.69) is 5.32 Å². The highest BCUT2D eigenvalue weighted by molar-refractivity contribution is 5.82. The zero-order valence-electron chi connectivity index (χ0n) is 20.3. The summed E-state index contributed by atoms with van der Waals surface area (Å²) in [6.45, 7) is 2.55. The van der Waals surface area contributed by atoms with Gasteiger partial charge in [0, 0.05) is 13.6 Å². The summed E-state index contributed by atoms with van der Waals surface area (Å²) in [7, 11) is 3.41. The Hall–Kier alpha value is -4.13. The summed E-state index contributed by atoms with van der Waals surface area (Å²) in [6.07, 6.45) is 0.243. The molecule has 1 aromatic heterocycles. The van der Waals surface area contributed by atoms with Crippen LogP contribution in [-0.4, -0.2) is 40.4 Å². The van der Waals surface area contributed by atoms with Gasteiger partial charge in [0.15, 0.2) is 0 Å². The maximum atomic E-state index is 13.1.